The Morgan fingerprint density at radius 1 is 1.29 bits per heavy atom. The molecule has 0 spiro atoms. The van der Waals surface area contributed by atoms with E-state index in [0.717, 1.165) is 24.9 Å². The fourth-order valence-corrected chi connectivity index (χ4v) is 2.18. The molecule has 1 heterocycles. The second-order valence-corrected chi connectivity index (χ2v) is 5.03. The molecule has 3 nitrogen and oxygen atoms in total. The van der Waals surface area contributed by atoms with Gasteiger partial charge in [-0.1, -0.05) is 12.1 Å². The third kappa shape index (κ3) is 3.77. The lowest BCUT2D eigenvalue weighted by Crippen LogP contribution is -2.49. The minimum Gasteiger partial charge on any atom is -0.633 e. The smallest absolute Gasteiger partial charge is 0.123 e. The molecule has 17 heavy (non-hydrogen) atoms. The number of rotatable bonds is 3. The van der Waals surface area contributed by atoms with E-state index >= 15 is 0 Å². The highest BCUT2D eigenvalue weighted by molar-refractivity contribution is 5.15. The quantitative estimate of drug-likeness (QED) is 0.646. The Hall–Kier alpha value is -0.970. The maximum absolute atomic E-state index is 12.7. The molecule has 1 fully saturated rings. The van der Waals surface area contributed by atoms with Crippen LogP contribution < -0.4 is 5.32 Å². The van der Waals surface area contributed by atoms with Gasteiger partial charge in [0.05, 0.1) is 20.1 Å². The third-order valence-corrected chi connectivity index (χ3v) is 3.41. The van der Waals surface area contributed by atoms with Gasteiger partial charge in [-0.25, -0.2) is 4.39 Å². The molecule has 1 aliphatic heterocycles. The highest BCUT2D eigenvalue weighted by Crippen LogP contribution is 2.15. The van der Waals surface area contributed by atoms with Crippen molar-refractivity contribution in [1.82, 2.24) is 5.32 Å². The number of hydroxylamine groups is 3. The van der Waals surface area contributed by atoms with Crippen LogP contribution in [-0.2, 0) is 6.54 Å². The van der Waals surface area contributed by atoms with Crippen molar-refractivity contribution in [3.8, 4) is 0 Å². The van der Waals surface area contributed by atoms with Gasteiger partial charge in [-0.05, 0) is 17.7 Å². The van der Waals surface area contributed by atoms with E-state index in [9.17, 15) is 9.60 Å². The second-order valence-electron chi connectivity index (χ2n) is 5.03. The summed E-state index contributed by atoms with van der Waals surface area (Å²) in [4.78, 5) is 0. The summed E-state index contributed by atoms with van der Waals surface area (Å²) in [5.74, 6) is -0.203. The van der Waals surface area contributed by atoms with Gasteiger partial charge in [-0.3, -0.25) is 0 Å². The first-order valence-electron chi connectivity index (χ1n) is 6.08. The van der Waals surface area contributed by atoms with Gasteiger partial charge in [-0.15, -0.1) is 0 Å². The number of likely N-dealkylation sites (tertiary alicyclic amines) is 1. The first-order valence-corrected chi connectivity index (χ1v) is 6.08. The Kier molecular flexibility index (Phi) is 3.76. The van der Waals surface area contributed by atoms with Gasteiger partial charge in [-0.2, -0.15) is 0 Å². The molecule has 1 aromatic carbocycles. The largest absolute Gasteiger partial charge is 0.633 e. The Balaban J connectivity index is 1.78. The van der Waals surface area contributed by atoms with Crippen LogP contribution in [0.5, 0.6) is 0 Å². The Labute approximate surface area is 101 Å². The van der Waals surface area contributed by atoms with Crippen molar-refractivity contribution in [1.29, 1.82) is 0 Å². The van der Waals surface area contributed by atoms with Crippen LogP contribution in [0.15, 0.2) is 24.3 Å². The number of benzene rings is 1. The molecule has 0 saturated carbocycles. The molecule has 1 aromatic rings. The summed E-state index contributed by atoms with van der Waals surface area (Å²) in [6.45, 7) is 2.11. The molecule has 0 radical (unpaired) electrons. The van der Waals surface area contributed by atoms with Crippen molar-refractivity contribution < 1.29 is 9.04 Å². The fraction of sp³-hybridized carbons (Fsp3) is 0.538. The van der Waals surface area contributed by atoms with Crippen molar-refractivity contribution >= 4 is 0 Å². The van der Waals surface area contributed by atoms with Crippen molar-refractivity contribution in [2.24, 2.45) is 0 Å². The third-order valence-electron chi connectivity index (χ3n) is 3.41. The van der Waals surface area contributed by atoms with E-state index in [1.165, 1.54) is 12.1 Å². The molecule has 1 saturated heterocycles. The van der Waals surface area contributed by atoms with Crippen molar-refractivity contribution in [3.63, 3.8) is 0 Å². The molecule has 0 atom stereocenters. The van der Waals surface area contributed by atoms with Gasteiger partial charge in [0.15, 0.2) is 0 Å². The number of nitrogens with one attached hydrogen (secondary N) is 1. The highest BCUT2D eigenvalue weighted by Gasteiger charge is 2.22. The SMILES string of the molecule is C[N+]1([O-])CCC(NCc2ccc(F)cc2)CC1. The van der Waals surface area contributed by atoms with Crippen molar-refractivity contribution in [3.05, 3.63) is 40.9 Å². The summed E-state index contributed by atoms with van der Waals surface area (Å²) in [5.41, 5.74) is 1.08. The number of nitrogens with zero attached hydrogens (tertiary/aromatic N) is 1. The monoisotopic (exact) mass is 238 g/mol. The lowest BCUT2D eigenvalue weighted by atomic mass is 10.0. The zero-order valence-corrected chi connectivity index (χ0v) is 10.2. The highest BCUT2D eigenvalue weighted by atomic mass is 19.1. The average molecular weight is 238 g/mol. The summed E-state index contributed by atoms with van der Waals surface area (Å²) in [6.07, 6.45) is 1.84. The zero-order valence-electron chi connectivity index (χ0n) is 10.2. The summed E-state index contributed by atoms with van der Waals surface area (Å²) in [7, 11) is 1.73. The predicted octanol–water partition coefficient (Wildman–Crippen LogP) is 2.02. The van der Waals surface area contributed by atoms with Crippen LogP contribution in [0.1, 0.15) is 18.4 Å². The Bertz CT molecular complexity index is 354. The zero-order chi connectivity index (χ0) is 12.3. The van der Waals surface area contributed by atoms with Crippen LogP contribution in [0.25, 0.3) is 0 Å². The predicted molar refractivity (Wildman–Crippen MR) is 65.5 cm³/mol. The maximum atomic E-state index is 12.7. The first kappa shape index (κ1) is 12.5. The Morgan fingerprint density at radius 3 is 2.47 bits per heavy atom. The number of halogens is 1. The maximum Gasteiger partial charge on any atom is 0.123 e. The molecular weight excluding hydrogens is 219 g/mol. The molecular formula is C13H19FN2O. The van der Waals surface area contributed by atoms with Gasteiger partial charge in [0, 0.05) is 25.4 Å². The lowest BCUT2D eigenvalue weighted by Gasteiger charge is -2.44. The van der Waals surface area contributed by atoms with E-state index in [1.54, 1.807) is 19.2 Å². The van der Waals surface area contributed by atoms with Crippen LogP contribution in [0.3, 0.4) is 0 Å². The van der Waals surface area contributed by atoms with Crippen molar-refractivity contribution in [2.45, 2.75) is 25.4 Å². The molecule has 94 valence electrons. The summed E-state index contributed by atoms with van der Waals surface area (Å²) in [6, 6.07) is 6.95. The van der Waals surface area contributed by atoms with Gasteiger partial charge in [0.25, 0.3) is 0 Å². The van der Waals surface area contributed by atoms with Gasteiger partial charge < -0.3 is 15.2 Å². The molecule has 4 heteroatoms. The minimum atomic E-state index is -0.203. The van der Waals surface area contributed by atoms with Crippen LogP contribution in [0.2, 0.25) is 0 Å². The minimum absolute atomic E-state index is 0.116. The van der Waals surface area contributed by atoms with Crippen molar-refractivity contribution in [2.75, 3.05) is 20.1 Å². The summed E-state index contributed by atoms with van der Waals surface area (Å²) in [5, 5.41) is 15.1. The summed E-state index contributed by atoms with van der Waals surface area (Å²) >= 11 is 0. The van der Waals surface area contributed by atoms with Crippen LogP contribution in [0.4, 0.5) is 4.39 Å². The Morgan fingerprint density at radius 2 is 1.88 bits per heavy atom. The summed E-state index contributed by atoms with van der Waals surface area (Å²) < 4.78 is 12.6. The van der Waals surface area contributed by atoms with Gasteiger partial charge >= 0.3 is 0 Å². The normalized spacial score (nSPS) is 29.2. The van der Waals surface area contributed by atoms with Crippen LogP contribution >= 0.6 is 0 Å². The molecule has 0 amide bonds. The van der Waals surface area contributed by atoms with Crippen LogP contribution in [-0.4, -0.2) is 30.8 Å². The molecule has 2 rings (SSSR count). The molecule has 1 N–H and O–H groups in total. The fourth-order valence-electron chi connectivity index (χ4n) is 2.18. The van der Waals surface area contributed by atoms with Gasteiger partial charge in [0.1, 0.15) is 5.82 Å². The molecule has 0 unspecified atom stereocenters. The van der Waals surface area contributed by atoms with E-state index in [4.69, 9.17) is 0 Å². The number of piperidine rings is 1. The van der Waals surface area contributed by atoms with Gasteiger partial charge in [0.2, 0.25) is 0 Å². The first-order chi connectivity index (χ1) is 8.05. The van der Waals surface area contributed by atoms with E-state index < -0.39 is 0 Å². The van der Waals surface area contributed by atoms with Crippen LogP contribution in [0, 0.1) is 11.0 Å². The van der Waals surface area contributed by atoms with E-state index in [-0.39, 0.29) is 10.5 Å². The molecule has 0 bridgehead atoms. The number of quaternary nitrogens is 1. The molecule has 0 aliphatic carbocycles. The van der Waals surface area contributed by atoms with E-state index in [2.05, 4.69) is 5.32 Å². The molecule has 0 aromatic heterocycles. The topological polar surface area (TPSA) is 35.1 Å². The number of hydrogen-bond donors (Lipinski definition) is 1. The standard InChI is InChI=1S/C13H19FN2O/c1-16(17)8-6-13(7-9-16)15-10-11-2-4-12(14)5-3-11/h2-5,13,15H,6-10H2,1H3. The van der Waals surface area contributed by atoms with E-state index in [0.29, 0.717) is 19.1 Å². The van der Waals surface area contributed by atoms with E-state index in [1.807, 2.05) is 0 Å². The molecule has 1 aliphatic rings. The average Bonchev–Trinajstić information content (AvgIpc) is 2.30. The second kappa shape index (κ2) is 5.12. The number of hydrogen-bond acceptors (Lipinski definition) is 2. The lowest BCUT2D eigenvalue weighted by molar-refractivity contribution is -0.866.